The Labute approximate surface area is 127 Å². The molecule has 0 spiro atoms. The normalized spacial score (nSPS) is 11.6. The summed E-state index contributed by atoms with van der Waals surface area (Å²) >= 11 is 3.20. The molecular formula is C12H18BrN3O3S. The second kappa shape index (κ2) is 7.05. The number of rotatable bonds is 6. The number of nitrogens with two attached hydrogens (primary N) is 1. The molecule has 0 saturated heterocycles. The van der Waals surface area contributed by atoms with E-state index in [4.69, 9.17) is 5.73 Å². The molecule has 0 aliphatic carbocycles. The molecule has 0 unspecified atom stereocenters. The van der Waals surface area contributed by atoms with Gasteiger partial charge in [0.05, 0.1) is 11.4 Å². The van der Waals surface area contributed by atoms with Crippen molar-refractivity contribution in [2.45, 2.75) is 18.7 Å². The number of nitrogens with one attached hydrogen (secondary N) is 1. The third kappa shape index (κ3) is 3.94. The third-order valence-electron chi connectivity index (χ3n) is 2.62. The van der Waals surface area contributed by atoms with Gasteiger partial charge in [0.1, 0.15) is 0 Å². The Bertz CT molecular complexity index is 590. The minimum atomic E-state index is -3.77. The average molecular weight is 364 g/mol. The van der Waals surface area contributed by atoms with Gasteiger partial charge in [-0.2, -0.15) is 4.31 Å². The van der Waals surface area contributed by atoms with Gasteiger partial charge in [-0.05, 0) is 41.1 Å². The molecule has 1 aromatic carbocycles. The van der Waals surface area contributed by atoms with Crippen LogP contribution in [0.3, 0.4) is 0 Å². The average Bonchev–Trinajstić information content (AvgIpc) is 2.38. The lowest BCUT2D eigenvalue weighted by molar-refractivity contribution is -0.121. The Morgan fingerprint density at radius 1 is 1.40 bits per heavy atom. The standard InChI is InChI=1S/C12H18BrN3O3S/c1-3-15-12(17)8-16(4-2)20(18,19)11-7-9(14)5-6-10(11)13/h5-7H,3-4,8,14H2,1-2H3,(H,15,17). The molecule has 0 atom stereocenters. The first-order valence-electron chi connectivity index (χ1n) is 6.14. The fourth-order valence-corrected chi connectivity index (χ4v) is 4.00. The molecule has 8 heteroatoms. The minimum Gasteiger partial charge on any atom is -0.399 e. The van der Waals surface area contributed by atoms with Crippen LogP contribution in [0.2, 0.25) is 0 Å². The SMILES string of the molecule is CCNC(=O)CN(CC)S(=O)(=O)c1cc(N)ccc1Br. The van der Waals surface area contributed by atoms with Gasteiger partial charge in [0.15, 0.2) is 0 Å². The summed E-state index contributed by atoms with van der Waals surface area (Å²) in [6, 6.07) is 4.55. The van der Waals surface area contributed by atoms with Crippen molar-refractivity contribution < 1.29 is 13.2 Å². The van der Waals surface area contributed by atoms with Gasteiger partial charge in [0.25, 0.3) is 0 Å². The van der Waals surface area contributed by atoms with E-state index in [0.29, 0.717) is 16.7 Å². The number of anilines is 1. The molecule has 0 aromatic heterocycles. The first-order valence-corrected chi connectivity index (χ1v) is 8.38. The Morgan fingerprint density at radius 3 is 2.60 bits per heavy atom. The van der Waals surface area contributed by atoms with Crippen LogP contribution in [-0.2, 0) is 14.8 Å². The number of amides is 1. The number of sulfonamides is 1. The van der Waals surface area contributed by atoms with Crippen molar-refractivity contribution in [3.05, 3.63) is 22.7 Å². The third-order valence-corrected chi connectivity index (χ3v) is 5.53. The lowest BCUT2D eigenvalue weighted by Gasteiger charge is -2.20. The van der Waals surface area contributed by atoms with Gasteiger partial charge < -0.3 is 11.1 Å². The van der Waals surface area contributed by atoms with Crippen molar-refractivity contribution in [2.24, 2.45) is 0 Å². The van der Waals surface area contributed by atoms with Gasteiger partial charge in [-0.25, -0.2) is 8.42 Å². The number of carbonyl (C=O) groups excluding carboxylic acids is 1. The topological polar surface area (TPSA) is 92.5 Å². The van der Waals surface area contributed by atoms with E-state index >= 15 is 0 Å². The van der Waals surface area contributed by atoms with Crippen LogP contribution < -0.4 is 11.1 Å². The molecular weight excluding hydrogens is 346 g/mol. The van der Waals surface area contributed by atoms with Crippen LogP contribution >= 0.6 is 15.9 Å². The van der Waals surface area contributed by atoms with Crippen molar-refractivity contribution in [3.63, 3.8) is 0 Å². The summed E-state index contributed by atoms with van der Waals surface area (Å²) in [7, 11) is -3.77. The number of hydrogen-bond acceptors (Lipinski definition) is 4. The van der Waals surface area contributed by atoms with Crippen molar-refractivity contribution in [1.29, 1.82) is 0 Å². The number of carbonyl (C=O) groups is 1. The second-order valence-corrected chi connectivity index (χ2v) is 6.84. The van der Waals surface area contributed by atoms with Crippen LogP contribution in [0.5, 0.6) is 0 Å². The highest BCUT2D eigenvalue weighted by atomic mass is 79.9. The van der Waals surface area contributed by atoms with Gasteiger partial charge in [-0.3, -0.25) is 4.79 Å². The molecule has 0 fully saturated rings. The number of likely N-dealkylation sites (N-methyl/N-ethyl adjacent to an activating group) is 2. The van der Waals surface area contributed by atoms with E-state index in [0.717, 1.165) is 4.31 Å². The predicted molar refractivity (Wildman–Crippen MR) is 81.7 cm³/mol. The Balaban J connectivity index is 3.12. The Morgan fingerprint density at radius 2 is 2.05 bits per heavy atom. The molecule has 1 rings (SSSR count). The molecule has 0 heterocycles. The molecule has 0 aliphatic rings. The van der Waals surface area contributed by atoms with Crippen LogP contribution in [0.25, 0.3) is 0 Å². The van der Waals surface area contributed by atoms with Crippen molar-refractivity contribution >= 4 is 37.5 Å². The molecule has 1 aromatic rings. The summed E-state index contributed by atoms with van der Waals surface area (Å²) in [5.74, 6) is -0.335. The van der Waals surface area contributed by atoms with Gasteiger partial charge in [-0.15, -0.1) is 0 Å². The van der Waals surface area contributed by atoms with E-state index < -0.39 is 10.0 Å². The molecule has 0 bridgehead atoms. The molecule has 0 saturated carbocycles. The maximum atomic E-state index is 12.5. The monoisotopic (exact) mass is 363 g/mol. The fourth-order valence-electron chi connectivity index (χ4n) is 1.64. The van der Waals surface area contributed by atoms with Gasteiger partial charge >= 0.3 is 0 Å². The summed E-state index contributed by atoms with van der Waals surface area (Å²) in [5, 5.41) is 2.58. The first kappa shape index (κ1) is 16.9. The van der Waals surface area contributed by atoms with Gasteiger partial charge in [0, 0.05) is 23.2 Å². The van der Waals surface area contributed by atoms with Gasteiger partial charge in [0.2, 0.25) is 15.9 Å². The molecule has 112 valence electrons. The summed E-state index contributed by atoms with van der Waals surface area (Å²) in [6.07, 6.45) is 0. The zero-order chi connectivity index (χ0) is 15.3. The van der Waals surface area contributed by atoms with Crippen LogP contribution in [0.4, 0.5) is 5.69 Å². The quantitative estimate of drug-likeness (QED) is 0.742. The van der Waals surface area contributed by atoms with E-state index in [1.165, 1.54) is 6.07 Å². The Hall–Kier alpha value is -1.12. The minimum absolute atomic E-state index is 0.0589. The molecule has 3 N–H and O–H groups in total. The number of nitrogen functional groups attached to an aromatic ring is 1. The van der Waals surface area contributed by atoms with Crippen molar-refractivity contribution in [3.8, 4) is 0 Å². The molecule has 6 nitrogen and oxygen atoms in total. The number of halogens is 1. The van der Waals surface area contributed by atoms with Crippen LogP contribution in [0.1, 0.15) is 13.8 Å². The largest absolute Gasteiger partial charge is 0.399 e. The molecule has 20 heavy (non-hydrogen) atoms. The second-order valence-electron chi connectivity index (χ2n) is 4.07. The smallest absolute Gasteiger partial charge is 0.244 e. The molecule has 0 radical (unpaired) electrons. The summed E-state index contributed by atoms with van der Waals surface area (Å²) in [5.41, 5.74) is 5.98. The van der Waals surface area contributed by atoms with Crippen molar-refractivity contribution in [2.75, 3.05) is 25.4 Å². The highest BCUT2D eigenvalue weighted by molar-refractivity contribution is 9.10. The summed E-state index contributed by atoms with van der Waals surface area (Å²) in [4.78, 5) is 11.6. The van der Waals surface area contributed by atoms with E-state index in [2.05, 4.69) is 21.2 Å². The van der Waals surface area contributed by atoms with Crippen LogP contribution in [-0.4, -0.2) is 38.3 Å². The van der Waals surface area contributed by atoms with E-state index in [1.807, 2.05) is 0 Å². The van der Waals surface area contributed by atoms with E-state index in [-0.39, 0.29) is 23.9 Å². The Kier molecular flexibility index (Phi) is 5.97. The molecule has 0 aliphatic heterocycles. The lowest BCUT2D eigenvalue weighted by Crippen LogP contribution is -2.40. The number of nitrogens with zero attached hydrogens (tertiary/aromatic N) is 1. The maximum absolute atomic E-state index is 12.5. The highest BCUT2D eigenvalue weighted by Crippen LogP contribution is 2.26. The van der Waals surface area contributed by atoms with E-state index in [9.17, 15) is 13.2 Å². The van der Waals surface area contributed by atoms with Crippen LogP contribution in [0.15, 0.2) is 27.6 Å². The zero-order valence-electron chi connectivity index (χ0n) is 11.4. The predicted octanol–water partition coefficient (Wildman–Crippen LogP) is 1.18. The van der Waals surface area contributed by atoms with Crippen molar-refractivity contribution in [1.82, 2.24) is 9.62 Å². The van der Waals surface area contributed by atoms with Crippen LogP contribution in [0, 0.1) is 0 Å². The lowest BCUT2D eigenvalue weighted by atomic mass is 10.3. The van der Waals surface area contributed by atoms with E-state index in [1.54, 1.807) is 26.0 Å². The number of benzene rings is 1. The fraction of sp³-hybridized carbons (Fsp3) is 0.417. The number of hydrogen-bond donors (Lipinski definition) is 2. The summed E-state index contributed by atoms with van der Waals surface area (Å²) < 4.78 is 26.6. The first-order chi connectivity index (χ1) is 9.32. The highest BCUT2D eigenvalue weighted by Gasteiger charge is 2.27. The van der Waals surface area contributed by atoms with Gasteiger partial charge in [-0.1, -0.05) is 6.92 Å². The summed E-state index contributed by atoms with van der Waals surface area (Å²) in [6.45, 7) is 3.89. The maximum Gasteiger partial charge on any atom is 0.244 e. The zero-order valence-corrected chi connectivity index (χ0v) is 13.8. The molecule has 1 amide bonds.